The van der Waals surface area contributed by atoms with Gasteiger partial charge in [-0.3, -0.25) is 4.79 Å². The highest BCUT2D eigenvalue weighted by molar-refractivity contribution is 6.17. The van der Waals surface area contributed by atoms with E-state index in [-0.39, 0.29) is 5.97 Å². The third-order valence-corrected chi connectivity index (χ3v) is 1.90. The molecule has 13 heavy (non-hydrogen) atoms. The van der Waals surface area contributed by atoms with Crippen molar-refractivity contribution >= 4 is 17.6 Å². The lowest BCUT2D eigenvalue weighted by atomic mass is 10.1. The molecule has 0 aliphatic carbocycles. The predicted octanol–water partition coefficient (Wildman–Crippen LogP) is 2.49. The SMILES string of the molecule is CC(=O)OCc1cccc(CCl)c1. The summed E-state index contributed by atoms with van der Waals surface area (Å²) in [5.41, 5.74) is 2.00. The van der Waals surface area contributed by atoms with E-state index in [9.17, 15) is 4.79 Å². The summed E-state index contributed by atoms with van der Waals surface area (Å²) in [5.74, 6) is 0.213. The van der Waals surface area contributed by atoms with Gasteiger partial charge in [-0.2, -0.15) is 0 Å². The van der Waals surface area contributed by atoms with Crippen molar-refractivity contribution in [1.29, 1.82) is 0 Å². The van der Waals surface area contributed by atoms with Gasteiger partial charge in [0, 0.05) is 12.8 Å². The van der Waals surface area contributed by atoms with Crippen molar-refractivity contribution < 1.29 is 9.53 Å². The molecule has 0 aliphatic heterocycles. The van der Waals surface area contributed by atoms with E-state index in [0.29, 0.717) is 12.5 Å². The van der Waals surface area contributed by atoms with Crippen LogP contribution in [0, 0.1) is 0 Å². The van der Waals surface area contributed by atoms with Crippen molar-refractivity contribution in [2.45, 2.75) is 19.4 Å². The Bertz CT molecular complexity index is 297. The third-order valence-electron chi connectivity index (χ3n) is 1.59. The molecule has 0 aliphatic rings. The molecule has 1 aromatic rings. The van der Waals surface area contributed by atoms with Crippen LogP contribution in [0.3, 0.4) is 0 Å². The minimum atomic E-state index is -0.267. The lowest BCUT2D eigenvalue weighted by Crippen LogP contribution is -1.98. The molecule has 0 fully saturated rings. The zero-order chi connectivity index (χ0) is 9.68. The zero-order valence-electron chi connectivity index (χ0n) is 7.42. The molecule has 0 spiro atoms. The number of ether oxygens (including phenoxy) is 1. The fourth-order valence-corrected chi connectivity index (χ4v) is 1.15. The third kappa shape index (κ3) is 3.47. The summed E-state index contributed by atoms with van der Waals surface area (Å²) in [6.45, 7) is 1.71. The quantitative estimate of drug-likeness (QED) is 0.551. The summed E-state index contributed by atoms with van der Waals surface area (Å²) in [7, 11) is 0. The lowest BCUT2D eigenvalue weighted by Gasteiger charge is -2.03. The van der Waals surface area contributed by atoms with E-state index in [4.69, 9.17) is 16.3 Å². The highest BCUT2D eigenvalue weighted by Crippen LogP contribution is 2.08. The van der Waals surface area contributed by atoms with Gasteiger partial charge in [0.2, 0.25) is 0 Å². The highest BCUT2D eigenvalue weighted by Gasteiger charge is 1.97. The molecule has 0 N–H and O–H groups in total. The second kappa shape index (κ2) is 4.87. The van der Waals surface area contributed by atoms with Gasteiger partial charge in [0.05, 0.1) is 0 Å². The molecule has 1 rings (SSSR count). The van der Waals surface area contributed by atoms with Crippen molar-refractivity contribution in [3.63, 3.8) is 0 Å². The van der Waals surface area contributed by atoms with Crippen LogP contribution in [0.1, 0.15) is 18.1 Å². The van der Waals surface area contributed by atoms with Gasteiger partial charge in [0.1, 0.15) is 6.61 Å². The van der Waals surface area contributed by atoms with Crippen LogP contribution in [0.4, 0.5) is 0 Å². The Kier molecular flexibility index (Phi) is 3.77. The van der Waals surface area contributed by atoms with E-state index in [2.05, 4.69) is 0 Å². The number of hydrogen-bond donors (Lipinski definition) is 0. The number of carbonyl (C=O) groups excluding carboxylic acids is 1. The van der Waals surface area contributed by atoms with Crippen LogP contribution in [0.25, 0.3) is 0 Å². The van der Waals surface area contributed by atoms with E-state index in [1.54, 1.807) is 0 Å². The number of benzene rings is 1. The Balaban J connectivity index is 2.61. The fourth-order valence-electron chi connectivity index (χ4n) is 0.988. The number of carbonyl (C=O) groups is 1. The molecular weight excluding hydrogens is 188 g/mol. The van der Waals surface area contributed by atoms with Crippen LogP contribution < -0.4 is 0 Å². The molecule has 0 bridgehead atoms. The Labute approximate surface area is 82.5 Å². The minimum absolute atomic E-state index is 0.267. The van der Waals surface area contributed by atoms with Gasteiger partial charge in [-0.15, -0.1) is 11.6 Å². The number of rotatable bonds is 3. The van der Waals surface area contributed by atoms with Gasteiger partial charge in [0.25, 0.3) is 0 Å². The monoisotopic (exact) mass is 198 g/mol. The van der Waals surface area contributed by atoms with E-state index in [1.165, 1.54) is 6.92 Å². The van der Waals surface area contributed by atoms with Crippen molar-refractivity contribution in [3.05, 3.63) is 35.4 Å². The van der Waals surface area contributed by atoms with Crippen LogP contribution in [-0.2, 0) is 22.0 Å². The summed E-state index contributed by atoms with van der Waals surface area (Å²) < 4.78 is 4.85. The topological polar surface area (TPSA) is 26.3 Å². The van der Waals surface area contributed by atoms with Gasteiger partial charge < -0.3 is 4.74 Å². The normalized spacial score (nSPS) is 9.69. The molecule has 0 aromatic heterocycles. The molecule has 3 heteroatoms. The average molecular weight is 199 g/mol. The van der Waals surface area contributed by atoms with Gasteiger partial charge in [-0.25, -0.2) is 0 Å². The Morgan fingerprint density at radius 2 is 2.15 bits per heavy atom. The summed E-state index contributed by atoms with van der Waals surface area (Å²) >= 11 is 5.65. The summed E-state index contributed by atoms with van der Waals surface area (Å²) in [6.07, 6.45) is 0. The molecule has 0 saturated carbocycles. The van der Waals surface area contributed by atoms with Crippen LogP contribution in [0.15, 0.2) is 24.3 Å². The van der Waals surface area contributed by atoms with Crippen LogP contribution >= 0.6 is 11.6 Å². The van der Waals surface area contributed by atoms with Crippen LogP contribution in [0.2, 0.25) is 0 Å². The first kappa shape index (κ1) is 10.1. The van der Waals surface area contributed by atoms with Gasteiger partial charge in [-0.05, 0) is 11.1 Å². The van der Waals surface area contributed by atoms with E-state index in [0.717, 1.165) is 11.1 Å². The molecule has 0 saturated heterocycles. The molecule has 0 heterocycles. The molecule has 0 radical (unpaired) electrons. The predicted molar refractivity (Wildman–Crippen MR) is 51.5 cm³/mol. The lowest BCUT2D eigenvalue weighted by molar-refractivity contribution is -0.142. The summed E-state index contributed by atoms with van der Waals surface area (Å²) in [4.78, 5) is 10.5. The van der Waals surface area contributed by atoms with Gasteiger partial charge in [-0.1, -0.05) is 24.3 Å². The number of hydrogen-bond acceptors (Lipinski definition) is 2. The van der Waals surface area contributed by atoms with E-state index in [1.807, 2.05) is 24.3 Å². The smallest absolute Gasteiger partial charge is 0.302 e. The largest absolute Gasteiger partial charge is 0.461 e. The Morgan fingerprint density at radius 3 is 2.77 bits per heavy atom. The molecule has 2 nitrogen and oxygen atoms in total. The van der Waals surface area contributed by atoms with Crippen LogP contribution in [-0.4, -0.2) is 5.97 Å². The second-order valence-corrected chi connectivity index (χ2v) is 3.00. The van der Waals surface area contributed by atoms with E-state index < -0.39 is 0 Å². The molecule has 0 atom stereocenters. The fraction of sp³-hybridized carbons (Fsp3) is 0.300. The van der Waals surface area contributed by atoms with Crippen molar-refractivity contribution in [3.8, 4) is 0 Å². The first-order valence-corrected chi connectivity index (χ1v) is 4.53. The molecule has 1 aromatic carbocycles. The summed E-state index contributed by atoms with van der Waals surface area (Å²) in [6, 6.07) is 7.66. The Morgan fingerprint density at radius 1 is 1.46 bits per heavy atom. The Hall–Kier alpha value is -1.02. The summed E-state index contributed by atoms with van der Waals surface area (Å²) in [5, 5.41) is 0. The molecule has 70 valence electrons. The number of alkyl halides is 1. The minimum Gasteiger partial charge on any atom is -0.461 e. The molecular formula is C10H11ClO2. The maximum Gasteiger partial charge on any atom is 0.302 e. The van der Waals surface area contributed by atoms with Crippen LogP contribution in [0.5, 0.6) is 0 Å². The first-order valence-electron chi connectivity index (χ1n) is 3.99. The molecule has 0 unspecified atom stereocenters. The number of esters is 1. The van der Waals surface area contributed by atoms with Gasteiger partial charge >= 0.3 is 5.97 Å². The average Bonchev–Trinajstić information content (AvgIpc) is 2.15. The second-order valence-electron chi connectivity index (χ2n) is 2.73. The molecule has 0 amide bonds. The van der Waals surface area contributed by atoms with E-state index >= 15 is 0 Å². The highest BCUT2D eigenvalue weighted by atomic mass is 35.5. The van der Waals surface area contributed by atoms with Crippen molar-refractivity contribution in [1.82, 2.24) is 0 Å². The van der Waals surface area contributed by atoms with Crippen molar-refractivity contribution in [2.75, 3.05) is 0 Å². The zero-order valence-corrected chi connectivity index (χ0v) is 8.17. The standard InChI is InChI=1S/C10H11ClO2/c1-8(12)13-7-10-4-2-3-9(5-10)6-11/h2-5H,6-7H2,1H3. The van der Waals surface area contributed by atoms with Gasteiger partial charge in [0.15, 0.2) is 0 Å². The van der Waals surface area contributed by atoms with Crippen molar-refractivity contribution in [2.24, 2.45) is 0 Å². The first-order chi connectivity index (χ1) is 6.22. The maximum absolute atomic E-state index is 10.5. The maximum atomic E-state index is 10.5. The number of halogens is 1.